The molecule has 2 aromatic rings. The molecule has 0 aliphatic carbocycles. The molecule has 118 valence electrons. The summed E-state index contributed by atoms with van der Waals surface area (Å²) in [6, 6.07) is 3.73. The van der Waals surface area contributed by atoms with E-state index < -0.39 is 5.97 Å². The number of fused-ring (bicyclic) bond motifs is 1. The van der Waals surface area contributed by atoms with Crippen molar-refractivity contribution < 1.29 is 9.90 Å². The second-order valence-corrected chi connectivity index (χ2v) is 6.33. The van der Waals surface area contributed by atoms with Crippen LogP contribution in [0.5, 0.6) is 0 Å². The Hall–Kier alpha value is -1.95. The molecule has 2 aromatic heterocycles. The molecule has 0 atom stereocenters. The van der Waals surface area contributed by atoms with E-state index in [2.05, 4.69) is 28.8 Å². The zero-order valence-electron chi connectivity index (χ0n) is 13.1. The SMILES string of the molecule is CC(C)N1CCC(Cc2nc3cc(C(=O)O)ccn3n2)CC1. The van der Waals surface area contributed by atoms with Gasteiger partial charge in [0.2, 0.25) is 0 Å². The summed E-state index contributed by atoms with van der Waals surface area (Å²) in [5.74, 6) is 0.491. The monoisotopic (exact) mass is 302 g/mol. The summed E-state index contributed by atoms with van der Waals surface area (Å²) in [4.78, 5) is 18.0. The summed E-state index contributed by atoms with van der Waals surface area (Å²) in [7, 11) is 0. The molecule has 0 bridgehead atoms. The topological polar surface area (TPSA) is 70.7 Å². The number of piperidine rings is 1. The Bertz CT molecular complexity index is 672. The van der Waals surface area contributed by atoms with Crippen molar-refractivity contribution in [2.24, 2.45) is 5.92 Å². The van der Waals surface area contributed by atoms with Crippen LogP contribution >= 0.6 is 0 Å². The molecule has 1 aliphatic heterocycles. The van der Waals surface area contributed by atoms with Crippen LogP contribution in [0.4, 0.5) is 0 Å². The number of likely N-dealkylation sites (tertiary alicyclic amines) is 1. The Kier molecular flexibility index (Phi) is 4.11. The summed E-state index contributed by atoms with van der Waals surface area (Å²) >= 11 is 0. The number of pyridine rings is 1. The number of hydrogen-bond donors (Lipinski definition) is 1. The van der Waals surface area contributed by atoms with Crippen molar-refractivity contribution in [3.63, 3.8) is 0 Å². The first-order chi connectivity index (χ1) is 10.5. The van der Waals surface area contributed by atoms with Crippen LogP contribution in [0.15, 0.2) is 18.3 Å². The van der Waals surface area contributed by atoms with Gasteiger partial charge in [-0.25, -0.2) is 14.3 Å². The summed E-state index contributed by atoms with van der Waals surface area (Å²) in [5.41, 5.74) is 0.853. The first kappa shape index (κ1) is 15.0. The van der Waals surface area contributed by atoms with Crippen LogP contribution in [-0.4, -0.2) is 49.7 Å². The highest BCUT2D eigenvalue weighted by Crippen LogP contribution is 2.22. The Balaban J connectivity index is 1.68. The van der Waals surface area contributed by atoms with E-state index in [1.807, 2.05) is 0 Å². The maximum absolute atomic E-state index is 11.0. The maximum atomic E-state index is 11.0. The summed E-state index contributed by atoms with van der Waals surface area (Å²) in [5, 5.41) is 13.5. The van der Waals surface area contributed by atoms with Crippen molar-refractivity contribution in [2.45, 2.75) is 39.2 Å². The van der Waals surface area contributed by atoms with Crippen LogP contribution in [0, 0.1) is 5.92 Å². The van der Waals surface area contributed by atoms with Crippen molar-refractivity contribution in [1.29, 1.82) is 0 Å². The quantitative estimate of drug-likeness (QED) is 0.936. The van der Waals surface area contributed by atoms with Gasteiger partial charge >= 0.3 is 5.97 Å². The summed E-state index contributed by atoms with van der Waals surface area (Å²) in [6.45, 7) is 6.76. The molecule has 0 saturated carbocycles. The van der Waals surface area contributed by atoms with Gasteiger partial charge in [0.1, 0.15) is 0 Å². The van der Waals surface area contributed by atoms with Gasteiger partial charge < -0.3 is 10.0 Å². The largest absolute Gasteiger partial charge is 0.478 e. The fourth-order valence-electron chi connectivity index (χ4n) is 3.08. The van der Waals surface area contributed by atoms with Gasteiger partial charge in [-0.2, -0.15) is 5.10 Å². The predicted octanol–water partition coefficient (Wildman–Crippen LogP) is 2.09. The number of hydrogen-bond acceptors (Lipinski definition) is 4. The van der Waals surface area contributed by atoms with Crippen molar-refractivity contribution in [3.8, 4) is 0 Å². The van der Waals surface area contributed by atoms with Gasteiger partial charge in [-0.15, -0.1) is 0 Å². The minimum Gasteiger partial charge on any atom is -0.478 e. The Morgan fingerprint density at radius 2 is 2.14 bits per heavy atom. The average Bonchev–Trinajstić information content (AvgIpc) is 2.88. The number of nitrogens with zero attached hydrogens (tertiary/aromatic N) is 4. The Labute approximate surface area is 129 Å². The molecule has 0 unspecified atom stereocenters. The lowest BCUT2D eigenvalue weighted by molar-refractivity contribution is 0.0697. The molecular formula is C16H22N4O2. The molecule has 22 heavy (non-hydrogen) atoms. The Morgan fingerprint density at radius 1 is 1.41 bits per heavy atom. The maximum Gasteiger partial charge on any atom is 0.335 e. The van der Waals surface area contributed by atoms with Gasteiger partial charge in [-0.3, -0.25) is 0 Å². The first-order valence-corrected chi connectivity index (χ1v) is 7.85. The molecule has 1 aliphatic rings. The van der Waals surface area contributed by atoms with Crippen molar-refractivity contribution in [2.75, 3.05) is 13.1 Å². The number of aromatic carboxylic acids is 1. The second kappa shape index (κ2) is 6.04. The van der Waals surface area contributed by atoms with Crippen molar-refractivity contribution in [3.05, 3.63) is 29.7 Å². The van der Waals surface area contributed by atoms with E-state index in [9.17, 15) is 4.79 Å². The van der Waals surface area contributed by atoms with Gasteiger partial charge in [-0.05, 0) is 57.8 Å². The zero-order valence-corrected chi connectivity index (χ0v) is 13.1. The van der Waals surface area contributed by atoms with Crippen molar-refractivity contribution in [1.82, 2.24) is 19.5 Å². The summed E-state index contributed by atoms with van der Waals surface area (Å²) in [6.07, 6.45) is 4.88. The van der Waals surface area contributed by atoms with Crippen LogP contribution in [0.1, 0.15) is 42.9 Å². The lowest BCUT2D eigenvalue weighted by atomic mass is 9.93. The van der Waals surface area contributed by atoms with E-state index in [-0.39, 0.29) is 5.56 Å². The zero-order chi connectivity index (χ0) is 15.7. The van der Waals surface area contributed by atoms with E-state index in [4.69, 9.17) is 5.11 Å². The highest BCUT2D eigenvalue weighted by atomic mass is 16.4. The molecule has 0 aromatic carbocycles. The van der Waals surface area contributed by atoms with Gasteiger partial charge in [0.05, 0.1) is 5.56 Å². The van der Waals surface area contributed by atoms with Crippen molar-refractivity contribution >= 4 is 11.6 Å². The smallest absolute Gasteiger partial charge is 0.335 e. The minimum atomic E-state index is -0.937. The van der Waals surface area contributed by atoms with Crippen LogP contribution < -0.4 is 0 Å². The van der Waals surface area contributed by atoms with Gasteiger partial charge in [0, 0.05) is 18.7 Å². The molecule has 0 amide bonds. The molecule has 0 spiro atoms. The fourth-order valence-corrected chi connectivity index (χ4v) is 3.08. The number of carbonyl (C=O) groups is 1. The van der Waals surface area contributed by atoms with E-state index >= 15 is 0 Å². The van der Waals surface area contributed by atoms with Gasteiger partial charge in [0.25, 0.3) is 0 Å². The van der Waals surface area contributed by atoms with Crippen LogP contribution in [0.25, 0.3) is 5.65 Å². The molecular weight excluding hydrogens is 280 g/mol. The fraction of sp³-hybridized carbons (Fsp3) is 0.562. The third kappa shape index (κ3) is 3.11. The van der Waals surface area contributed by atoms with Crippen LogP contribution in [0.2, 0.25) is 0 Å². The first-order valence-electron chi connectivity index (χ1n) is 7.85. The molecule has 0 radical (unpaired) electrons. The standard InChI is InChI=1S/C16H22N4O2/c1-11(2)19-6-3-12(4-7-19)9-14-17-15-10-13(16(21)22)5-8-20(15)18-14/h5,8,10-12H,3-4,6-7,9H2,1-2H3,(H,21,22). The number of aromatic nitrogens is 3. The lowest BCUT2D eigenvalue weighted by Gasteiger charge is -2.34. The van der Waals surface area contributed by atoms with Gasteiger partial charge in [-0.1, -0.05) is 0 Å². The minimum absolute atomic E-state index is 0.247. The number of carboxylic acids is 1. The highest BCUT2D eigenvalue weighted by molar-refractivity contribution is 5.88. The average molecular weight is 302 g/mol. The second-order valence-electron chi connectivity index (χ2n) is 6.33. The predicted molar refractivity (Wildman–Crippen MR) is 83.1 cm³/mol. The number of rotatable bonds is 4. The normalized spacial score (nSPS) is 17.4. The molecule has 3 heterocycles. The molecule has 3 rings (SSSR count). The summed E-state index contributed by atoms with van der Waals surface area (Å²) < 4.78 is 1.66. The third-order valence-electron chi connectivity index (χ3n) is 4.48. The number of carboxylic acid groups (broad SMARTS) is 1. The van der Waals surface area contributed by atoms with E-state index in [1.165, 1.54) is 12.8 Å². The highest BCUT2D eigenvalue weighted by Gasteiger charge is 2.22. The van der Waals surface area contributed by atoms with Crippen LogP contribution in [0.3, 0.4) is 0 Å². The molecule has 6 nitrogen and oxygen atoms in total. The molecule has 1 fully saturated rings. The van der Waals surface area contributed by atoms with E-state index in [1.54, 1.807) is 22.8 Å². The van der Waals surface area contributed by atoms with E-state index in [0.29, 0.717) is 17.6 Å². The van der Waals surface area contributed by atoms with Crippen LogP contribution in [-0.2, 0) is 6.42 Å². The molecule has 1 N–H and O–H groups in total. The van der Waals surface area contributed by atoms with E-state index in [0.717, 1.165) is 25.3 Å². The molecule has 6 heteroatoms. The van der Waals surface area contributed by atoms with Gasteiger partial charge in [0.15, 0.2) is 11.5 Å². The lowest BCUT2D eigenvalue weighted by Crippen LogP contribution is -2.38. The third-order valence-corrected chi connectivity index (χ3v) is 4.48. The Morgan fingerprint density at radius 3 is 2.77 bits per heavy atom. The molecule has 1 saturated heterocycles.